The second kappa shape index (κ2) is 9.22. The number of nitrogens with two attached hydrogens (primary N) is 1. The van der Waals surface area contributed by atoms with E-state index in [9.17, 15) is 26.7 Å². The summed E-state index contributed by atoms with van der Waals surface area (Å²) in [6.07, 6.45) is -5.01. The van der Waals surface area contributed by atoms with Crippen molar-refractivity contribution in [1.29, 1.82) is 0 Å². The fraction of sp³-hybridized carbons (Fsp3) is 0.273. The molecule has 3 N–H and O–H groups in total. The third-order valence-corrected chi connectivity index (χ3v) is 5.75. The lowest BCUT2D eigenvalue weighted by atomic mass is 10.1. The van der Waals surface area contributed by atoms with E-state index in [0.29, 0.717) is 17.1 Å². The first-order chi connectivity index (χ1) is 16.0. The van der Waals surface area contributed by atoms with Crippen LogP contribution in [0.5, 0.6) is 0 Å². The molecule has 1 aliphatic heterocycles. The van der Waals surface area contributed by atoms with Crippen LogP contribution in [0.4, 0.5) is 27.6 Å². The molecule has 0 radical (unpaired) electrons. The van der Waals surface area contributed by atoms with Crippen LogP contribution in [0.2, 0.25) is 5.02 Å². The molecule has 0 aliphatic carbocycles. The molecule has 0 fully saturated rings. The number of imidazole rings is 1. The number of hydrogen-bond donors (Lipinski definition) is 2. The van der Waals surface area contributed by atoms with Gasteiger partial charge in [0.2, 0.25) is 5.91 Å². The SMILES string of the molecule is NC(CC(=O)N1CCn2cc(-c3ccc(F)cc3)nc2C1Nc1ccc(Cl)c(F)c1)C(F)(F)F. The topological polar surface area (TPSA) is 76.2 Å². The van der Waals surface area contributed by atoms with Gasteiger partial charge in [0.25, 0.3) is 0 Å². The molecule has 1 aromatic heterocycles. The molecule has 0 bridgehead atoms. The zero-order chi connectivity index (χ0) is 24.6. The van der Waals surface area contributed by atoms with Gasteiger partial charge in [0.15, 0.2) is 12.0 Å². The van der Waals surface area contributed by atoms with Crippen LogP contribution in [0.1, 0.15) is 18.4 Å². The van der Waals surface area contributed by atoms with Gasteiger partial charge in [0, 0.05) is 30.5 Å². The van der Waals surface area contributed by atoms with Crippen LogP contribution in [-0.2, 0) is 11.3 Å². The second-order valence-corrected chi connectivity index (χ2v) is 8.21. The van der Waals surface area contributed by atoms with E-state index in [2.05, 4.69) is 10.3 Å². The Kier molecular flexibility index (Phi) is 6.50. The Balaban J connectivity index is 1.69. The molecule has 0 saturated heterocycles. The smallest absolute Gasteiger partial charge is 0.359 e. The second-order valence-electron chi connectivity index (χ2n) is 7.80. The van der Waals surface area contributed by atoms with E-state index in [1.807, 2.05) is 0 Å². The summed E-state index contributed by atoms with van der Waals surface area (Å²) in [5.74, 6) is -1.66. The molecule has 6 nitrogen and oxygen atoms in total. The third-order valence-electron chi connectivity index (χ3n) is 5.44. The standard InChI is InChI=1S/C22H19ClF5N5O/c23-15-6-5-14(9-16(15)25)30-21-20-31-17(12-1-3-13(24)4-2-12)11-32(20)7-8-33(21)19(34)10-18(29)22(26,27)28/h1-6,9,11,18,21,30H,7-8,10,29H2. The van der Waals surface area contributed by atoms with Crippen LogP contribution in [0.3, 0.4) is 0 Å². The minimum absolute atomic E-state index is 0.0589. The van der Waals surface area contributed by atoms with Crippen molar-refractivity contribution in [1.82, 2.24) is 14.5 Å². The molecule has 0 saturated carbocycles. The molecule has 180 valence electrons. The Morgan fingerprint density at radius 3 is 2.53 bits per heavy atom. The lowest BCUT2D eigenvalue weighted by Gasteiger charge is -2.37. The van der Waals surface area contributed by atoms with Crippen LogP contribution >= 0.6 is 11.6 Å². The van der Waals surface area contributed by atoms with Crippen molar-refractivity contribution in [2.45, 2.75) is 31.3 Å². The fourth-order valence-electron chi connectivity index (χ4n) is 3.65. The predicted molar refractivity (Wildman–Crippen MR) is 116 cm³/mol. The molecule has 34 heavy (non-hydrogen) atoms. The maximum absolute atomic E-state index is 14.0. The number of carbonyl (C=O) groups is 1. The average molecular weight is 500 g/mol. The van der Waals surface area contributed by atoms with E-state index in [-0.39, 0.29) is 23.8 Å². The normalized spacial score (nSPS) is 16.8. The number of nitrogens with zero attached hydrogens (tertiary/aromatic N) is 3. The quantitative estimate of drug-likeness (QED) is 0.498. The van der Waals surface area contributed by atoms with Crippen molar-refractivity contribution in [3.05, 3.63) is 71.1 Å². The summed E-state index contributed by atoms with van der Waals surface area (Å²) in [5, 5.41) is 2.85. The number of fused-ring (bicyclic) bond motifs is 1. The van der Waals surface area contributed by atoms with Gasteiger partial charge in [0.1, 0.15) is 17.7 Å². The van der Waals surface area contributed by atoms with Gasteiger partial charge in [-0.25, -0.2) is 13.8 Å². The first-order valence-corrected chi connectivity index (χ1v) is 10.6. The summed E-state index contributed by atoms with van der Waals surface area (Å²) < 4.78 is 67.9. The number of carbonyl (C=O) groups excluding carboxylic acids is 1. The number of alkyl halides is 3. The van der Waals surface area contributed by atoms with E-state index in [0.717, 1.165) is 6.07 Å². The van der Waals surface area contributed by atoms with E-state index in [1.165, 1.54) is 41.3 Å². The van der Waals surface area contributed by atoms with Gasteiger partial charge in [-0.05, 0) is 42.5 Å². The highest BCUT2D eigenvalue weighted by Crippen LogP contribution is 2.32. The van der Waals surface area contributed by atoms with E-state index < -0.39 is 42.3 Å². The van der Waals surface area contributed by atoms with Gasteiger partial charge < -0.3 is 20.5 Å². The average Bonchev–Trinajstić information content (AvgIpc) is 3.21. The molecule has 1 amide bonds. The van der Waals surface area contributed by atoms with E-state index >= 15 is 0 Å². The van der Waals surface area contributed by atoms with E-state index in [1.54, 1.807) is 10.8 Å². The number of benzene rings is 2. The van der Waals surface area contributed by atoms with Crippen molar-refractivity contribution in [2.75, 3.05) is 11.9 Å². The molecule has 4 rings (SSSR count). The fourth-order valence-corrected chi connectivity index (χ4v) is 3.76. The van der Waals surface area contributed by atoms with Crippen molar-refractivity contribution in [3.63, 3.8) is 0 Å². The molecule has 12 heteroatoms. The predicted octanol–water partition coefficient (Wildman–Crippen LogP) is 4.71. The summed E-state index contributed by atoms with van der Waals surface area (Å²) in [7, 11) is 0. The minimum atomic E-state index is -4.73. The Bertz CT molecular complexity index is 1200. The van der Waals surface area contributed by atoms with Gasteiger partial charge in [-0.1, -0.05) is 11.6 Å². The highest BCUT2D eigenvalue weighted by Gasteiger charge is 2.41. The minimum Gasteiger partial charge on any atom is -0.359 e. The molecule has 1 aliphatic rings. The first kappa shape index (κ1) is 24.0. The zero-order valence-electron chi connectivity index (χ0n) is 17.5. The number of nitrogens with one attached hydrogen (secondary N) is 1. The van der Waals surface area contributed by atoms with E-state index in [4.69, 9.17) is 17.3 Å². The van der Waals surface area contributed by atoms with Gasteiger partial charge in [-0.3, -0.25) is 4.79 Å². The number of halogens is 6. The van der Waals surface area contributed by atoms with Crippen molar-refractivity contribution < 1.29 is 26.7 Å². The largest absolute Gasteiger partial charge is 0.404 e. The lowest BCUT2D eigenvalue weighted by molar-refractivity contribution is -0.159. The summed E-state index contributed by atoms with van der Waals surface area (Å²) in [6, 6.07) is 7.17. The summed E-state index contributed by atoms with van der Waals surface area (Å²) >= 11 is 5.73. The maximum atomic E-state index is 14.0. The van der Waals surface area contributed by atoms with Crippen LogP contribution in [0, 0.1) is 11.6 Å². The Hall–Kier alpha value is -3.18. The van der Waals surface area contributed by atoms with Crippen LogP contribution in [-0.4, -0.2) is 39.1 Å². The highest BCUT2D eigenvalue weighted by molar-refractivity contribution is 6.30. The number of aromatic nitrogens is 2. The molecular formula is C22H19ClF5N5O. The first-order valence-electron chi connectivity index (χ1n) is 10.2. The summed E-state index contributed by atoms with van der Waals surface area (Å²) in [5.41, 5.74) is 6.50. The Morgan fingerprint density at radius 2 is 1.88 bits per heavy atom. The van der Waals surface area contributed by atoms with Crippen molar-refractivity contribution in [2.24, 2.45) is 5.73 Å². The molecule has 2 aromatic carbocycles. The summed E-state index contributed by atoms with van der Waals surface area (Å²) in [4.78, 5) is 18.6. The number of anilines is 1. The molecule has 3 aromatic rings. The monoisotopic (exact) mass is 499 g/mol. The molecule has 2 unspecified atom stereocenters. The van der Waals surface area contributed by atoms with Gasteiger partial charge >= 0.3 is 6.18 Å². The summed E-state index contributed by atoms with van der Waals surface area (Å²) in [6.45, 7) is 0.313. The maximum Gasteiger partial charge on any atom is 0.404 e. The molecule has 0 spiro atoms. The van der Waals surface area contributed by atoms with Crippen molar-refractivity contribution in [3.8, 4) is 11.3 Å². The number of amides is 1. The van der Waals surface area contributed by atoms with Gasteiger partial charge in [0.05, 0.1) is 17.1 Å². The van der Waals surface area contributed by atoms with Crippen LogP contribution in [0.15, 0.2) is 48.7 Å². The van der Waals surface area contributed by atoms with Crippen LogP contribution in [0.25, 0.3) is 11.3 Å². The lowest BCUT2D eigenvalue weighted by Crippen LogP contribution is -2.49. The zero-order valence-corrected chi connectivity index (χ0v) is 18.2. The highest BCUT2D eigenvalue weighted by atomic mass is 35.5. The molecule has 2 atom stereocenters. The van der Waals surface area contributed by atoms with Gasteiger partial charge in [-0.2, -0.15) is 13.2 Å². The third kappa shape index (κ3) is 5.00. The van der Waals surface area contributed by atoms with Gasteiger partial charge in [-0.15, -0.1) is 0 Å². The Morgan fingerprint density at radius 1 is 1.18 bits per heavy atom. The number of rotatable bonds is 5. The molecular weight excluding hydrogens is 481 g/mol. The van der Waals surface area contributed by atoms with Crippen LogP contribution < -0.4 is 11.1 Å². The van der Waals surface area contributed by atoms with Crippen molar-refractivity contribution >= 4 is 23.2 Å². The molecule has 2 heterocycles. The Labute approximate surface area is 196 Å². The number of hydrogen-bond acceptors (Lipinski definition) is 4.